The van der Waals surface area contributed by atoms with Gasteiger partial charge in [0.05, 0.1) is 17.1 Å². The van der Waals surface area contributed by atoms with Crippen molar-refractivity contribution >= 4 is 33.3 Å². The van der Waals surface area contributed by atoms with Crippen LogP contribution in [0.4, 0.5) is 11.4 Å². The highest BCUT2D eigenvalue weighted by molar-refractivity contribution is 7.99. The highest BCUT2D eigenvalue weighted by Gasteiger charge is 2.22. The van der Waals surface area contributed by atoms with Crippen LogP contribution in [0.25, 0.3) is 0 Å². The van der Waals surface area contributed by atoms with Crippen LogP contribution in [0.1, 0.15) is 64.2 Å². The zero-order valence-electron chi connectivity index (χ0n) is 17.6. The largest absolute Gasteiger partial charge is 0.340 e. The molecule has 0 amide bonds. The minimum Gasteiger partial charge on any atom is -0.340 e. The molecule has 1 N–H and O–H groups in total. The molecule has 0 saturated heterocycles. The van der Waals surface area contributed by atoms with Gasteiger partial charge in [0.1, 0.15) is 0 Å². The lowest BCUT2D eigenvalue weighted by Gasteiger charge is -2.32. The monoisotopic (exact) mass is 447 g/mol. The molecule has 4 nitrogen and oxygen atoms in total. The van der Waals surface area contributed by atoms with Crippen LogP contribution in [-0.4, -0.2) is 25.3 Å². The maximum Gasteiger partial charge on any atom is 0.264 e. The zero-order chi connectivity index (χ0) is 21.2. The van der Waals surface area contributed by atoms with E-state index in [4.69, 9.17) is 4.55 Å². The quantitative estimate of drug-likeness (QED) is 0.263. The van der Waals surface area contributed by atoms with Gasteiger partial charge in [0.25, 0.3) is 10.1 Å². The molecule has 3 rings (SSSR count). The number of hydrogen-bond acceptors (Lipinski definition) is 4. The second-order valence-electron chi connectivity index (χ2n) is 8.01. The van der Waals surface area contributed by atoms with Crippen LogP contribution >= 0.6 is 11.8 Å². The first-order valence-electron chi connectivity index (χ1n) is 11.1. The van der Waals surface area contributed by atoms with E-state index in [-0.39, 0.29) is 5.75 Å². The third-order valence-corrected chi connectivity index (χ3v) is 7.50. The van der Waals surface area contributed by atoms with E-state index in [0.717, 1.165) is 25.8 Å². The van der Waals surface area contributed by atoms with Crippen molar-refractivity contribution in [3.05, 3.63) is 48.5 Å². The Balaban J connectivity index is 1.30. The molecule has 0 aliphatic carbocycles. The van der Waals surface area contributed by atoms with Gasteiger partial charge in [0, 0.05) is 16.3 Å². The lowest BCUT2D eigenvalue weighted by atomic mass is 10.1. The SMILES string of the molecule is O=S(=O)(O)CCCCCCCCCCCCN1c2ccccc2Sc2ccccc21. The Hall–Kier alpha value is -1.50. The molecular weight excluding hydrogens is 414 g/mol. The normalized spacial score (nSPS) is 13.2. The van der Waals surface area contributed by atoms with Gasteiger partial charge in [-0.25, -0.2) is 0 Å². The summed E-state index contributed by atoms with van der Waals surface area (Å²) in [4.78, 5) is 5.16. The number of para-hydroxylation sites is 2. The Kier molecular flexibility index (Phi) is 9.09. The van der Waals surface area contributed by atoms with Gasteiger partial charge < -0.3 is 4.90 Å². The zero-order valence-corrected chi connectivity index (χ0v) is 19.3. The Morgan fingerprint density at radius 2 is 1.10 bits per heavy atom. The number of fused-ring (bicyclic) bond motifs is 2. The maximum atomic E-state index is 10.7. The molecule has 0 atom stereocenters. The van der Waals surface area contributed by atoms with Gasteiger partial charge >= 0.3 is 0 Å². The lowest BCUT2D eigenvalue weighted by Crippen LogP contribution is -2.21. The highest BCUT2D eigenvalue weighted by Crippen LogP contribution is 2.47. The van der Waals surface area contributed by atoms with E-state index >= 15 is 0 Å². The van der Waals surface area contributed by atoms with Crippen LogP contribution in [-0.2, 0) is 10.1 Å². The van der Waals surface area contributed by atoms with E-state index in [0.29, 0.717) is 6.42 Å². The summed E-state index contributed by atoms with van der Waals surface area (Å²) >= 11 is 1.86. The minimum absolute atomic E-state index is 0.0995. The van der Waals surface area contributed by atoms with Crippen molar-refractivity contribution in [2.45, 2.75) is 74.0 Å². The van der Waals surface area contributed by atoms with E-state index in [1.165, 1.54) is 59.7 Å². The van der Waals surface area contributed by atoms with Gasteiger partial charge in [0.2, 0.25) is 0 Å². The summed E-state index contributed by atoms with van der Waals surface area (Å²) in [6.07, 6.45) is 11.1. The Morgan fingerprint density at radius 1 is 0.667 bits per heavy atom. The molecule has 30 heavy (non-hydrogen) atoms. The Bertz CT molecular complexity index is 853. The lowest BCUT2D eigenvalue weighted by molar-refractivity contribution is 0.478. The Labute approximate surface area is 185 Å². The number of hydrogen-bond donors (Lipinski definition) is 1. The summed E-state index contributed by atoms with van der Waals surface area (Å²) < 4.78 is 30.0. The first-order chi connectivity index (χ1) is 14.5. The van der Waals surface area contributed by atoms with Crippen LogP contribution in [0.2, 0.25) is 0 Å². The molecule has 6 heteroatoms. The van der Waals surface area contributed by atoms with Crippen molar-refractivity contribution in [3.8, 4) is 0 Å². The fourth-order valence-electron chi connectivity index (χ4n) is 3.99. The van der Waals surface area contributed by atoms with Crippen molar-refractivity contribution in [1.82, 2.24) is 0 Å². The highest BCUT2D eigenvalue weighted by atomic mass is 32.2. The Morgan fingerprint density at radius 3 is 1.60 bits per heavy atom. The van der Waals surface area contributed by atoms with E-state index in [9.17, 15) is 8.42 Å². The average molecular weight is 448 g/mol. The van der Waals surface area contributed by atoms with Crippen molar-refractivity contribution in [2.75, 3.05) is 17.2 Å². The molecule has 0 bridgehead atoms. The van der Waals surface area contributed by atoms with Crippen LogP contribution in [0.3, 0.4) is 0 Å². The third kappa shape index (κ3) is 7.33. The summed E-state index contributed by atoms with van der Waals surface area (Å²) in [6, 6.07) is 17.4. The number of unbranched alkanes of at least 4 members (excludes halogenated alkanes) is 9. The van der Waals surface area contributed by atoms with Gasteiger partial charge in [-0.3, -0.25) is 4.55 Å². The second-order valence-corrected chi connectivity index (χ2v) is 10.7. The van der Waals surface area contributed by atoms with Gasteiger partial charge in [-0.1, -0.05) is 87.4 Å². The fourth-order valence-corrected chi connectivity index (χ4v) is 5.66. The third-order valence-electron chi connectivity index (χ3n) is 5.57. The number of nitrogens with zero attached hydrogens (tertiary/aromatic N) is 1. The van der Waals surface area contributed by atoms with Crippen molar-refractivity contribution < 1.29 is 13.0 Å². The molecule has 2 aromatic carbocycles. The molecule has 0 radical (unpaired) electrons. The van der Waals surface area contributed by atoms with Crippen LogP contribution in [0, 0.1) is 0 Å². The first kappa shape index (κ1) is 23.2. The van der Waals surface area contributed by atoms with Gasteiger partial charge in [-0.15, -0.1) is 0 Å². The van der Waals surface area contributed by atoms with Crippen LogP contribution < -0.4 is 4.90 Å². The summed E-state index contributed by atoms with van der Waals surface area (Å²) in [7, 11) is -3.78. The first-order valence-corrected chi connectivity index (χ1v) is 13.6. The topological polar surface area (TPSA) is 57.6 Å². The second kappa shape index (κ2) is 11.8. The summed E-state index contributed by atoms with van der Waals surface area (Å²) in [5.74, 6) is -0.0995. The summed E-state index contributed by atoms with van der Waals surface area (Å²) in [5.41, 5.74) is 2.66. The van der Waals surface area contributed by atoms with Crippen molar-refractivity contribution in [2.24, 2.45) is 0 Å². The molecule has 0 fully saturated rings. The van der Waals surface area contributed by atoms with E-state index in [2.05, 4.69) is 53.4 Å². The van der Waals surface area contributed by atoms with E-state index < -0.39 is 10.1 Å². The molecule has 0 saturated carbocycles. The van der Waals surface area contributed by atoms with Crippen LogP contribution in [0.15, 0.2) is 58.3 Å². The molecule has 0 aromatic heterocycles. The van der Waals surface area contributed by atoms with Gasteiger partial charge in [-0.2, -0.15) is 8.42 Å². The standard InChI is InChI=1S/C24H33NO3S2/c26-30(27,28)20-14-8-6-4-2-1-3-5-7-13-19-25-21-15-9-11-17-23(21)29-24-18-12-10-16-22(24)25/h9-12,15-18H,1-8,13-14,19-20H2,(H,26,27,28). The molecular formula is C24H33NO3S2. The minimum atomic E-state index is -3.78. The molecule has 0 spiro atoms. The predicted octanol–water partition coefficient (Wildman–Crippen LogP) is 7.08. The fraction of sp³-hybridized carbons (Fsp3) is 0.500. The molecule has 1 aliphatic heterocycles. The van der Waals surface area contributed by atoms with Gasteiger partial charge in [-0.05, 0) is 37.1 Å². The van der Waals surface area contributed by atoms with Crippen molar-refractivity contribution in [1.29, 1.82) is 0 Å². The number of rotatable bonds is 13. The van der Waals surface area contributed by atoms with Crippen molar-refractivity contribution in [3.63, 3.8) is 0 Å². The van der Waals surface area contributed by atoms with Crippen LogP contribution in [0.5, 0.6) is 0 Å². The maximum absolute atomic E-state index is 10.7. The molecule has 1 heterocycles. The molecule has 164 valence electrons. The van der Waals surface area contributed by atoms with Gasteiger partial charge in [0.15, 0.2) is 0 Å². The number of benzene rings is 2. The molecule has 0 unspecified atom stereocenters. The van der Waals surface area contributed by atoms with E-state index in [1.54, 1.807) is 0 Å². The average Bonchev–Trinajstić information content (AvgIpc) is 2.73. The summed E-state index contributed by atoms with van der Waals surface area (Å²) in [6.45, 7) is 1.06. The summed E-state index contributed by atoms with van der Waals surface area (Å²) in [5, 5.41) is 0. The molecule has 1 aliphatic rings. The predicted molar refractivity (Wildman–Crippen MR) is 127 cm³/mol. The number of anilines is 2. The molecule has 2 aromatic rings. The van der Waals surface area contributed by atoms with E-state index in [1.807, 2.05) is 11.8 Å². The smallest absolute Gasteiger partial charge is 0.264 e.